The van der Waals surface area contributed by atoms with Crippen molar-refractivity contribution in [2.45, 2.75) is 12.6 Å². The van der Waals surface area contributed by atoms with Crippen molar-refractivity contribution in [3.63, 3.8) is 0 Å². The van der Waals surface area contributed by atoms with Crippen LogP contribution in [0.15, 0.2) is 30.3 Å². The number of hydrogen-bond donors (Lipinski definition) is 1. The molecule has 0 spiro atoms. The summed E-state index contributed by atoms with van der Waals surface area (Å²) in [6.45, 7) is 0.430. The maximum atomic E-state index is 11.3. The molecule has 1 aliphatic rings. The number of hydrogen-bond acceptors (Lipinski definition) is 3. The summed E-state index contributed by atoms with van der Waals surface area (Å²) in [5.74, 6) is -0.0543. The molecule has 2 N–H and O–H groups in total. The highest BCUT2D eigenvalue weighted by molar-refractivity contribution is 5.76. The Morgan fingerprint density at radius 2 is 2.07 bits per heavy atom. The van der Waals surface area contributed by atoms with E-state index < -0.39 is 6.17 Å². The Morgan fingerprint density at radius 1 is 1.36 bits per heavy atom. The first-order valence-corrected chi connectivity index (χ1v) is 4.54. The number of nitrogens with two attached hydrogens (primary N) is 1. The Bertz CT molecular complexity index is 326. The molecule has 1 heterocycles. The van der Waals surface area contributed by atoms with Crippen molar-refractivity contribution in [3.05, 3.63) is 35.9 Å². The molecule has 1 atom stereocenters. The van der Waals surface area contributed by atoms with E-state index in [1.165, 1.54) is 5.06 Å². The Balaban J connectivity index is 2.16. The quantitative estimate of drug-likeness (QED) is 0.754. The van der Waals surface area contributed by atoms with E-state index in [-0.39, 0.29) is 5.91 Å². The van der Waals surface area contributed by atoms with Gasteiger partial charge in [-0.15, -0.1) is 0 Å². The molecular formula is C10H12N2O2. The second-order valence-corrected chi connectivity index (χ2v) is 3.16. The van der Waals surface area contributed by atoms with Crippen molar-refractivity contribution in [1.29, 1.82) is 0 Å². The normalized spacial score (nSPS) is 18.6. The van der Waals surface area contributed by atoms with Crippen molar-refractivity contribution >= 4 is 5.91 Å². The van der Waals surface area contributed by atoms with Gasteiger partial charge in [-0.1, -0.05) is 30.3 Å². The molecule has 1 amide bonds. The van der Waals surface area contributed by atoms with Gasteiger partial charge >= 0.3 is 0 Å². The average molecular weight is 192 g/mol. The number of carbonyl (C=O) groups excluding carboxylic acids is 1. The van der Waals surface area contributed by atoms with E-state index in [1.807, 2.05) is 30.3 Å². The molecule has 1 aromatic rings. The molecule has 14 heavy (non-hydrogen) atoms. The molecule has 0 aliphatic carbocycles. The summed E-state index contributed by atoms with van der Waals surface area (Å²) >= 11 is 0. The van der Waals surface area contributed by atoms with Crippen LogP contribution >= 0.6 is 0 Å². The van der Waals surface area contributed by atoms with Crippen molar-refractivity contribution < 1.29 is 9.63 Å². The summed E-state index contributed by atoms with van der Waals surface area (Å²) < 4.78 is 0. The first kappa shape index (κ1) is 9.18. The summed E-state index contributed by atoms with van der Waals surface area (Å²) in [5, 5.41) is 1.25. The fourth-order valence-corrected chi connectivity index (χ4v) is 1.43. The van der Waals surface area contributed by atoms with E-state index in [1.54, 1.807) is 0 Å². The van der Waals surface area contributed by atoms with Gasteiger partial charge in [0.2, 0.25) is 5.91 Å². The third-order valence-corrected chi connectivity index (χ3v) is 2.19. The summed E-state index contributed by atoms with van der Waals surface area (Å²) in [6, 6.07) is 9.42. The van der Waals surface area contributed by atoms with Gasteiger partial charge in [-0.3, -0.25) is 9.63 Å². The third kappa shape index (κ3) is 1.62. The van der Waals surface area contributed by atoms with Crippen LogP contribution in [0.25, 0.3) is 0 Å². The predicted octanol–water partition coefficient (Wildman–Crippen LogP) is 0.808. The molecule has 74 valence electrons. The molecule has 0 aromatic heterocycles. The zero-order valence-corrected chi connectivity index (χ0v) is 7.72. The largest absolute Gasteiger partial charge is 0.305 e. The zero-order chi connectivity index (χ0) is 9.97. The molecule has 1 aromatic carbocycles. The SMILES string of the molecule is NC(c1ccccc1)N1OCCC1=O. The number of nitrogens with zero attached hydrogens (tertiary/aromatic N) is 1. The predicted molar refractivity (Wildman–Crippen MR) is 50.8 cm³/mol. The van der Waals surface area contributed by atoms with Gasteiger partial charge in [-0.05, 0) is 5.56 Å². The van der Waals surface area contributed by atoms with Crippen molar-refractivity contribution in [1.82, 2.24) is 5.06 Å². The minimum atomic E-state index is -0.494. The van der Waals surface area contributed by atoms with Gasteiger partial charge in [0.1, 0.15) is 6.17 Å². The number of rotatable bonds is 2. The minimum Gasteiger partial charge on any atom is -0.305 e. The van der Waals surface area contributed by atoms with Crippen LogP contribution in [0.5, 0.6) is 0 Å². The average Bonchev–Trinajstić information content (AvgIpc) is 2.65. The monoisotopic (exact) mass is 192 g/mol. The highest BCUT2D eigenvalue weighted by Crippen LogP contribution is 2.19. The fourth-order valence-electron chi connectivity index (χ4n) is 1.43. The standard InChI is InChI=1S/C10H12N2O2/c11-10(8-4-2-1-3-5-8)12-9(13)6-7-14-12/h1-5,10H,6-7,11H2. The van der Waals surface area contributed by atoms with Gasteiger partial charge in [-0.2, -0.15) is 5.06 Å². The van der Waals surface area contributed by atoms with E-state index in [4.69, 9.17) is 10.6 Å². The second kappa shape index (κ2) is 3.77. The van der Waals surface area contributed by atoms with E-state index >= 15 is 0 Å². The fraction of sp³-hybridized carbons (Fsp3) is 0.300. The second-order valence-electron chi connectivity index (χ2n) is 3.16. The van der Waals surface area contributed by atoms with Gasteiger partial charge in [0.25, 0.3) is 0 Å². The van der Waals surface area contributed by atoms with E-state index in [0.29, 0.717) is 13.0 Å². The molecule has 4 nitrogen and oxygen atoms in total. The number of hydroxylamine groups is 2. The van der Waals surface area contributed by atoms with E-state index in [9.17, 15) is 4.79 Å². The van der Waals surface area contributed by atoms with Crippen LogP contribution in [0.2, 0.25) is 0 Å². The molecule has 1 unspecified atom stereocenters. The van der Waals surface area contributed by atoms with Crippen LogP contribution in [0.1, 0.15) is 18.2 Å². The van der Waals surface area contributed by atoms with Crippen LogP contribution < -0.4 is 5.73 Å². The first-order chi connectivity index (χ1) is 6.79. The summed E-state index contributed by atoms with van der Waals surface area (Å²) in [6.07, 6.45) is -0.0771. The van der Waals surface area contributed by atoms with Crippen molar-refractivity contribution in [2.75, 3.05) is 6.61 Å². The maximum Gasteiger partial charge on any atom is 0.250 e. The van der Waals surface area contributed by atoms with E-state index in [2.05, 4.69) is 0 Å². The molecular weight excluding hydrogens is 180 g/mol. The summed E-state index contributed by atoms with van der Waals surface area (Å²) in [7, 11) is 0. The van der Waals surface area contributed by atoms with Crippen molar-refractivity contribution in [2.24, 2.45) is 5.73 Å². The Morgan fingerprint density at radius 3 is 2.64 bits per heavy atom. The Labute approximate surface area is 82.2 Å². The lowest BCUT2D eigenvalue weighted by molar-refractivity contribution is -0.174. The molecule has 0 bridgehead atoms. The van der Waals surface area contributed by atoms with Gasteiger partial charge in [-0.25, -0.2) is 0 Å². The summed E-state index contributed by atoms with van der Waals surface area (Å²) in [5.41, 5.74) is 6.75. The minimum absolute atomic E-state index is 0.0543. The lowest BCUT2D eigenvalue weighted by Gasteiger charge is -2.22. The Kier molecular flexibility index (Phi) is 2.47. The molecule has 1 aliphatic heterocycles. The van der Waals surface area contributed by atoms with Gasteiger partial charge in [0.15, 0.2) is 0 Å². The van der Waals surface area contributed by atoms with Gasteiger partial charge in [0.05, 0.1) is 13.0 Å². The van der Waals surface area contributed by atoms with Crippen LogP contribution in [-0.2, 0) is 9.63 Å². The highest BCUT2D eigenvalue weighted by Gasteiger charge is 2.27. The lowest BCUT2D eigenvalue weighted by Crippen LogP contribution is -2.34. The van der Waals surface area contributed by atoms with Crippen LogP contribution in [-0.4, -0.2) is 17.6 Å². The molecule has 4 heteroatoms. The lowest BCUT2D eigenvalue weighted by atomic mass is 10.2. The molecule has 1 saturated heterocycles. The number of benzene rings is 1. The number of carbonyl (C=O) groups is 1. The smallest absolute Gasteiger partial charge is 0.250 e. The van der Waals surface area contributed by atoms with Crippen molar-refractivity contribution in [3.8, 4) is 0 Å². The molecule has 2 rings (SSSR count). The molecule has 0 radical (unpaired) electrons. The Hall–Kier alpha value is -1.39. The van der Waals surface area contributed by atoms with Crippen LogP contribution in [0, 0.1) is 0 Å². The van der Waals surface area contributed by atoms with Gasteiger partial charge in [0, 0.05) is 0 Å². The van der Waals surface area contributed by atoms with Crippen LogP contribution in [0.3, 0.4) is 0 Å². The van der Waals surface area contributed by atoms with Gasteiger partial charge < -0.3 is 5.73 Å². The maximum absolute atomic E-state index is 11.3. The summed E-state index contributed by atoms with van der Waals surface area (Å²) in [4.78, 5) is 16.5. The zero-order valence-electron chi connectivity index (χ0n) is 7.72. The molecule has 0 saturated carbocycles. The van der Waals surface area contributed by atoms with Crippen LogP contribution in [0.4, 0.5) is 0 Å². The molecule has 1 fully saturated rings. The number of amides is 1. The van der Waals surface area contributed by atoms with E-state index in [0.717, 1.165) is 5.56 Å². The first-order valence-electron chi connectivity index (χ1n) is 4.54. The highest BCUT2D eigenvalue weighted by atomic mass is 16.7. The third-order valence-electron chi connectivity index (χ3n) is 2.19. The topological polar surface area (TPSA) is 55.6 Å².